The number of rotatable bonds is 4. The van der Waals surface area contributed by atoms with Crippen LogP contribution in [0.1, 0.15) is 24.2 Å². The molecular weight excluding hydrogens is 442 g/mol. The van der Waals surface area contributed by atoms with Gasteiger partial charge in [-0.1, -0.05) is 0 Å². The van der Waals surface area contributed by atoms with Crippen molar-refractivity contribution in [2.75, 3.05) is 23.5 Å². The van der Waals surface area contributed by atoms with E-state index in [1.165, 1.54) is 19.2 Å². The molecule has 0 unspecified atom stereocenters. The Morgan fingerprint density at radius 2 is 1.82 bits per heavy atom. The molecule has 0 radical (unpaired) electrons. The zero-order valence-electron chi connectivity index (χ0n) is 18.8. The van der Waals surface area contributed by atoms with Crippen molar-refractivity contribution in [2.45, 2.75) is 19.4 Å². The molecule has 4 aromatic rings. The van der Waals surface area contributed by atoms with E-state index in [2.05, 4.69) is 15.1 Å². The molecule has 2 N–H and O–H groups in total. The second-order valence-corrected chi connectivity index (χ2v) is 8.83. The van der Waals surface area contributed by atoms with Crippen LogP contribution in [0.5, 0.6) is 5.75 Å². The van der Waals surface area contributed by atoms with E-state index >= 15 is 0 Å². The van der Waals surface area contributed by atoms with E-state index in [9.17, 15) is 18.7 Å². The van der Waals surface area contributed by atoms with Crippen molar-refractivity contribution in [3.8, 4) is 5.75 Å². The van der Waals surface area contributed by atoms with E-state index in [1.807, 2.05) is 30.9 Å². The standard InChI is InChI=1S/C25H22F2N4O3/c1-25(2)13-30(16-6-4-14(5-7-16)24(32)33)20-11-19-15(12-28-29-19)8-21(20)31(25)17-9-18(26)23(27)22(10-17)34-3/h4-12H,13H2,1-3H3,(H,28,29)(H,32,33). The zero-order chi connectivity index (χ0) is 24.2. The van der Waals surface area contributed by atoms with Gasteiger partial charge in [-0.3, -0.25) is 5.10 Å². The first-order valence-electron chi connectivity index (χ1n) is 10.6. The third-order valence-corrected chi connectivity index (χ3v) is 6.10. The van der Waals surface area contributed by atoms with Gasteiger partial charge in [-0.2, -0.15) is 9.49 Å². The van der Waals surface area contributed by atoms with Crippen molar-refractivity contribution >= 4 is 39.6 Å². The van der Waals surface area contributed by atoms with Gasteiger partial charge in [-0.15, -0.1) is 0 Å². The number of anilines is 4. The van der Waals surface area contributed by atoms with Gasteiger partial charge in [0.15, 0.2) is 11.6 Å². The van der Waals surface area contributed by atoms with Crippen LogP contribution in [-0.2, 0) is 0 Å². The van der Waals surface area contributed by atoms with Crippen molar-refractivity contribution < 1.29 is 23.4 Å². The maximum atomic E-state index is 14.5. The van der Waals surface area contributed by atoms with Crippen LogP contribution in [0.25, 0.3) is 10.9 Å². The summed E-state index contributed by atoms with van der Waals surface area (Å²) in [6.45, 7) is 4.48. The molecule has 7 nitrogen and oxygen atoms in total. The summed E-state index contributed by atoms with van der Waals surface area (Å²) in [6, 6.07) is 13.2. The molecule has 3 aromatic carbocycles. The summed E-state index contributed by atoms with van der Waals surface area (Å²) in [5.74, 6) is -3.21. The first-order chi connectivity index (χ1) is 16.2. The van der Waals surface area contributed by atoms with Gasteiger partial charge in [0.1, 0.15) is 0 Å². The SMILES string of the molecule is COc1cc(N2c3cc4cn[nH]c4cc3N(c3ccc(C(=O)O)cc3)CC2(C)C)cc(F)c1F. The van der Waals surface area contributed by atoms with Crippen LogP contribution in [0.3, 0.4) is 0 Å². The summed E-state index contributed by atoms with van der Waals surface area (Å²) in [5.41, 5.74) is 3.26. The molecule has 0 amide bonds. The fourth-order valence-electron chi connectivity index (χ4n) is 4.56. The predicted molar refractivity (Wildman–Crippen MR) is 126 cm³/mol. The van der Waals surface area contributed by atoms with E-state index in [-0.39, 0.29) is 11.3 Å². The molecule has 0 saturated heterocycles. The molecule has 0 atom stereocenters. The van der Waals surface area contributed by atoms with Crippen LogP contribution in [0, 0.1) is 11.6 Å². The number of aromatic carboxylic acids is 1. The molecule has 0 fully saturated rings. The first-order valence-corrected chi connectivity index (χ1v) is 10.6. The van der Waals surface area contributed by atoms with Gasteiger partial charge in [0.2, 0.25) is 5.82 Å². The van der Waals surface area contributed by atoms with Crippen molar-refractivity contribution in [2.24, 2.45) is 0 Å². The molecule has 0 spiro atoms. The van der Waals surface area contributed by atoms with Gasteiger partial charge in [0.25, 0.3) is 0 Å². The number of hydrogen-bond acceptors (Lipinski definition) is 5. The molecule has 5 rings (SSSR count). The van der Waals surface area contributed by atoms with E-state index in [1.54, 1.807) is 30.5 Å². The molecule has 0 aliphatic carbocycles. The van der Waals surface area contributed by atoms with Crippen molar-refractivity contribution in [1.29, 1.82) is 0 Å². The quantitative estimate of drug-likeness (QED) is 0.408. The molecule has 1 aromatic heterocycles. The van der Waals surface area contributed by atoms with Crippen LogP contribution in [0.4, 0.5) is 31.5 Å². The Hall–Kier alpha value is -4.14. The number of benzene rings is 3. The molecule has 0 bridgehead atoms. The van der Waals surface area contributed by atoms with Crippen molar-refractivity contribution in [3.05, 3.63) is 71.9 Å². The largest absolute Gasteiger partial charge is 0.493 e. The highest BCUT2D eigenvalue weighted by atomic mass is 19.2. The number of H-pyrrole nitrogens is 1. The number of hydrogen-bond donors (Lipinski definition) is 2. The average molecular weight is 464 g/mol. The van der Waals surface area contributed by atoms with E-state index < -0.39 is 23.1 Å². The third kappa shape index (κ3) is 3.40. The minimum absolute atomic E-state index is 0.177. The monoisotopic (exact) mass is 464 g/mol. The fraction of sp³-hybridized carbons (Fsp3) is 0.200. The predicted octanol–water partition coefficient (Wildman–Crippen LogP) is 5.62. The lowest BCUT2D eigenvalue weighted by molar-refractivity contribution is 0.0697. The minimum Gasteiger partial charge on any atom is -0.493 e. The Balaban J connectivity index is 1.73. The van der Waals surface area contributed by atoms with Gasteiger partial charge >= 0.3 is 5.97 Å². The van der Waals surface area contributed by atoms with Gasteiger partial charge in [-0.05, 0) is 50.2 Å². The summed E-state index contributed by atoms with van der Waals surface area (Å²) in [7, 11) is 1.30. The van der Waals surface area contributed by atoms with Crippen LogP contribution in [-0.4, -0.2) is 40.5 Å². The normalized spacial score (nSPS) is 14.9. The van der Waals surface area contributed by atoms with Crippen molar-refractivity contribution in [3.63, 3.8) is 0 Å². The van der Waals surface area contributed by atoms with E-state index in [4.69, 9.17) is 4.74 Å². The summed E-state index contributed by atoms with van der Waals surface area (Å²) in [4.78, 5) is 15.4. The minimum atomic E-state index is -1.04. The van der Waals surface area contributed by atoms with E-state index in [0.29, 0.717) is 12.2 Å². The Kier molecular flexibility index (Phi) is 4.93. The number of nitrogens with one attached hydrogen (secondary N) is 1. The molecule has 1 aliphatic rings. The molecule has 34 heavy (non-hydrogen) atoms. The highest BCUT2D eigenvalue weighted by Gasteiger charge is 2.39. The van der Waals surface area contributed by atoms with Crippen LogP contribution in [0.15, 0.2) is 54.7 Å². The third-order valence-electron chi connectivity index (χ3n) is 6.10. The summed E-state index contributed by atoms with van der Waals surface area (Å²) >= 11 is 0. The summed E-state index contributed by atoms with van der Waals surface area (Å²) in [5, 5.41) is 17.2. The Labute approximate surface area is 194 Å². The second kappa shape index (κ2) is 7.72. The van der Waals surface area contributed by atoms with E-state index in [0.717, 1.165) is 28.0 Å². The van der Waals surface area contributed by atoms with Crippen LogP contribution in [0.2, 0.25) is 0 Å². The van der Waals surface area contributed by atoms with Gasteiger partial charge < -0.3 is 19.6 Å². The molecular formula is C25H22F2N4O3. The zero-order valence-corrected chi connectivity index (χ0v) is 18.8. The lowest BCUT2D eigenvalue weighted by atomic mass is 9.93. The highest BCUT2D eigenvalue weighted by Crippen LogP contribution is 2.49. The number of halogens is 2. The number of fused-ring (bicyclic) bond motifs is 2. The lowest BCUT2D eigenvalue weighted by Gasteiger charge is -2.50. The summed E-state index contributed by atoms with van der Waals surface area (Å²) < 4.78 is 33.8. The smallest absolute Gasteiger partial charge is 0.335 e. The highest BCUT2D eigenvalue weighted by molar-refractivity contribution is 5.96. The molecule has 9 heteroatoms. The van der Waals surface area contributed by atoms with Gasteiger partial charge in [0.05, 0.1) is 41.3 Å². The Morgan fingerprint density at radius 3 is 2.50 bits per heavy atom. The number of carboxylic acids is 1. The molecule has 174 valence electrons. The van der Waals surface area contributed by atoms with Crippen LogP contribution < -0.4 is 14.5 Å². The maximum absolute atomic E-state index is 14.5. The average Bonchev–Trinajstić information content (AvgIpc) is 3.26. The number of aromatic amines is 1. The second-order valence-electron chi connectivity index (χ2n) is 8.83. The Bertz CT molecular complexity index is 1420. The number of carboxylic acid groups (broad SMARTS) is 1. The van der Waals surface area contributed by atoms with Crippen LogP contribution >= 0.6 is 0 Å². The first kappa shape index (κ1) is 21.7. The molecule has 0 saturated carbocycles. The molecule has 1 aliphatic heterocycles. The van der Waals surface area contributed by atoms with Gasteiger partial charge in [0, 0.05) is 35.4 Å². The topological polar surface area (TPSA) is 81.7 Å². The molecule has 2 heterocycles. The summed E-state index contributed by atoms with van der Waals surface area (Å²) in [6.07, 6.45) is 1.70. The maximum Gasteiger partial charge on any atom is 0.335 e. The van der Waals surface area contributed by atoms with Gasteiger partial charge in [-0.25, -0.2) is 9.18 Å². The number of carbonyl (C=O) groups is 1. The van der Waals surface area contributed by atoms with Crippen molar-refractivity contribution in [1.82, 2.24) is 10.2 Å². The number of aromatic nitrogens is 2. The number of ether oxygens (including phenoxy) is 1. The fourth-order valence-corrected chi connectivity index (χ4v) is 4.56. The Morgan fingerprint density at radius 1 is 1.09 bits per heavy atom. The number of methoxy groups -OCH3 is 1. The number of nitrogens with zero attached hydrogens (tertiary/aromatic N) is 3. The lowest BCUT2D eigenvalue weighted by Crippen LogP contribution is -2.52.